The predicted octanol–water partition coefficient (Wildman–Crippen LogP) is -0.333. The Bertz CT molecular complexity index is 215. The van der Waals surface area contributed by atoms with Crippen LogP contribution in [0.15, 0.2) is 0 Å². The summed E-state index contributed by atoms with van der Waals surface area (Å²) in [7, 11) is 0. The van der Waals surface area contributed by atoms with Crippen molar-refractivity contribution in [2.75, 3.05) is 0 Å². The average Bonchev–Trinajstić information content (AvgIpc) is 2.82. The zero-order valence-electron chi connectivity index (χ0n) is 7.46. The van der Waals surface area contributed by atoms with E-state index in [2.05, 4.69) is 10.7 Å². The molecule has 1 aliphatic carbocycles. The number of carbonyl (C=O) groups is 2. The molecule has 0 spiro atoms. The highest BCUT2D eigenvalue weighted by molar-refractivity contribution is 5.79. The maximum absolute atomic E-state index is 11.0. The van der Waals surface area contributed by atoms with Crippen LogP contribution in [-0.2, 0) is 0 Å². The van der Waals surface area contributed by atoms with Crippen molar-refractivity contribution >= 4 is 12.1 Å². The van der Waals surface area contributed by atoms with Crippen molar-refractivity contribution < 1.29 is 9.59 Å². The van der Waals surface area contributed by atoms with E-state index in [0.29, 0.717) is 5.92 Å². The van der Waals surface area contributed by atoms with Gasteiger partial charge in [-0.3, -0.25) is 0 Å². The summed E-state index contributed by atoms with van der Waals surface area (Å²) in [6.07, 6.45) is 2.31. The second-order valence-electron chi connectivity index (χ2n) is 3.21. The summed E-state index contributed by atoms with van der Waals surface area (Å²) in [5.41, 5.74) is 8.86. The smallest absolute Gasteiger partial charge is 0.333 e. The van der Waals surface area contributed by atoms with E-state index >= 15 is 0 Å². The molecular weight excluding hydrogens is 172 g/mol. The average molecular weight is 186 g/mol. The molecule has 6 nitrogen and oxygen atoms in total. The molecule has 74 valence electrons. The third-order valence-corrected chi connectivity index (χ3v) is 1.99. The van der Waals surface area contributed by atoms with Crippen molar-refractivity contribution in [3.8, 4) is 0 Å². The molecule has 0 heterocycles. The van der Waals surface area contributed by atoms with Crippen LogP contribution >= 0.6 is 0 Å². The maximum Gasteiger partial charge on any atom is 0.333 e. The first-order valence-electron chi connectivity index (χ1n) is 4.21. The second kappa shape index (κ2) is 3.97. The third-order valence-electron chi connectivity index (χ3n) is 1.99. The lowest BCUT2D eigenvalue weighted by Crippen LogP contribution is -2.51. The summed E-state index contributed by atoms with van der Waals surface area (Å²) in [4.78, 5) is 21.2. The lowest BCUT2D eigenvalue weighted by Gasteiger charge is -2.13. The molecule has 5 N–H and O–H groups in total. The number of amides is 4. The largest absolute Gasteiger partial charge is 0.350 e. The van der Waals surface area contributed by atoms with Gasteiger partial charge in [-0.25, -0.2) is 20.4 Å². The van der Waals surface area contributed by atoms with E-state index in [1.54, 1.807) is 0 Å². The molecule has 0 radical (unpaired) electrons. The van der Waals surface area contributed by atoms with E-state index in [1.807, 2.05) is 12.3 Å². The monoisotopic (exact) mass is 186 g/mol. The molecule has 6 heteroatoms. The zero-order valence-corrected chi connectivity index (χ0v) is 7.46. The Morgan fingerprint density at radius 2 is 2.00 bits per heavy atom. The van der Waals surface area contributed by atoms with Crippen LogP contribution in [0.5, 0.6) is 0 Å². The van der Waals surface area contributed by atoms with Gasteiger partial charge in [-0.1, -0.05) is 0 Å². The molecule has 1 unspecified atom stereocenters. The van der Waals surface area contributed by atoms with Crippen LogP contribution < -0.4 is 21.9 Å². The number of rotatable bonds is 2. The van der Waals surface area contributed by atoms with Crippen molar-refractivity contribution in [2.45, 2.75) is 25.8 Å². The van der Waals surface area contributed by atoms with E-state index in [1.165, 1.54) is 0 Å². The van der Waals surface area contributed by atoms with Gasteiger partial charge < -0.3 is 11.1 Å². The Balaban J connectivity index is 2.12. The van der Waals surface area contributed by atoms with Gasteiger partial charge in [0.1, 0.15) is 0 Å². The molecule has 1 aliphatic rings. The van der Waals surface area contributed by atoms with Gasteiger partial charge in [-0.2, -0.15) is 0 Å². The number of carbonyl (C=O) groups excluding carboxylic acids is 2. The Morgan fingerprint density at radius 1 is 1.38 bits per heavy atom. The van der Waals surface area contributed by atoms with Gasteiger partial charge in [0.2, 0.25) is 0 Å². The fourth-order valence-corrected chi connectivity index (χ4v) is 1.08. The summed E-state index contributed by atoms with van der Waals surface area (Å²) in [5.74, 6) is 0.583. The zero-order chi connectivity index (χ0) is 9.84. The van der Waals surface area contributed by atoms with Gasteiger partial charge in [0.05, 0.1) is 0 Å². The minimum absolute atomic E-state index is 0.148. The molecule has 4 amide bonds. The first-order chi connectivity index (χ1) is 6.09. The molecule has 0 bridgehead atoms. The topological polar surface area (TPSA) is 96.2 Å². The summed E-state index contributed by atoms with van der Waals surface area (Å²) >= 11 is 0. The van der Waals surface area contributed by atoms with Gasteiger partial charge in [-0.15, -0.1) is 0 Å². The van der Waals surface area contributed by atoms with Crippen LogP contribution in [0.2, 0.25) is 0 Å². The van der Waals surface area contributed by atoms with Crippen molar-refractivity contribution in [1.82, 2.24) is 16.2 Å². The van der Waals surface area contributed by atoms with Crippen molar-refractivity contribution in [3.05, 3.63) is 0 Å². The standard InChI is InChI=1S/C7H14N4O2/c1-4(5-2-3-5)9-7(13)11-10-6(8)12/h4-5H,2-3H2,1H3,(H3,8,10,12)(H2,9,11,13). The highest BCUT2D eigenvalue weighted by atomic mass is 16.2. The summed E-state index contributed by atoms with van der Waals surface area (Å²) in [6, 6.07) is -1.07. The molecule has 0 aromatic heterocycles. The Morgan fingerprint density at radius 3 is 2.46 bits per heavy atom. The number of hydrogen-bond donors (Lipinski definition) is 4. The molecule has 1 atom stereocenters. The van der Waals surface area contributed by atoms with Crippen molar-refractivity contribution in [1.29, 1.82) is 0 Å². The number of primary amides is 1. The van der Waals surface area contributed by atoms with Gasteiger partial charge in [0.15, 0.2) is 0 Å². The fraction of sp³-hybridized carbons (Fsp3) is 0.714. The second-order valence-corrected chi connectivity index (χ2v) is 3.21. The van der Waals surface area contributed by atoms with E-state index in [-0.39, 0.29) is 6.04 Å². The van der Waals surface area contributed by atoms with E-state index < -0.39 is 12.1 Å². The van der Waals surface area contributed by atoms with Gasteiger partial charge in [0, 0.05) is 6.04 Å². The lowest BCUT2D eigenvalue weighted by molar-refractivity contribution is 0.225. The maximum atomic E-state index is 11.0. The van der Waals surface area contributed by atoms with E-state index in [4.69, 9.17) is 5.73 Å². The number of nitrogens with two attached hydrogens (primary N) is 1. The van der Waals surface area contributed by atoms with Crippen LogP contribution in [0.4, 0.5) is 9.59 Å². The van der Waals surface area contributed by atoms with Gasteiger partial charge >= 0.3 is 12.1 Å². The molecule has 0 aliphatic heterocycles. The van der Waals surface area contributed by atoms with Crippen LogP contribution in [0.25, 0.3) is 0 Å². The van der Waals surface area contributed by atoms with Crippen molar-refractivity contribution in [2.24, 2.45) is 11.7 Å². The van der Waals surface area contributed by atoms with Gasteiger partial charge in [-0.05, 0) is 25.7 Å². The first-order valence-corrected chi connectivity index (χ1v) is 4.21. The van der Waals surface area contributed by atoms with E-state index in [0.717, 1.165) is 12.8 Å². The number of hydrazine groups is 1. The normalized spacial score (nSPS) is 17.3. The quantitative estimate of drug-likeness (QED) is 0.444. The Hall–Kier alpha value is -1.46. The Kier molecular flexibility index (Phi) is 2.94. The highest BCUT2D eigenvalue weighted by Crippen LogP contribution is 2.32. The number of urea groups is 2. The first kappa shape index (κ1) is 9.63. The lowest BCUT2D eigenvalue weighted by atomic mass is 10.2. The SMILES string of the molecule is CC(NC(=O)NNC(N)=O)C1CC1. The van der Waals surface area contributed by atoms with Crippen LogP contribution in [0, 0.1) is 5.92 Å². The number of nitrogens with one attached hydrogen (secondary N) is 3. The summed E-state index contributed by atoms with van der Waals surface area (Å²) < 4.78 is 0. The third kappa shape index (κ3) is 3.64. The molecule has 1 saturated carbocycles. The molecule has 13 heavy (non-hydrogen) atoms. The molecule has 1 rings (SSSR count). The fourth-order valence-electron chi connectivity index (χ4n) is 1.08. The van der Waals surface area contributed by atoms with Crippen LogP contribution in [0.1, 0.15) is 19.8 Å². The summed E-state index contributed by atoms with van der Waals surface area (Å²) in [6.45, 7) is 1.93. The van der Waals surface area contributed by atoms with E-state index in [9.17, 15) is 9.59 Å². The molecule has 0 saturated heterocycles. The molecule has 1 fully saturated rings. The Labute approximate surface area is 76.2 Å². The predicted molar refractivity (Wildman–Crippen MR) is 46.6 cm³/mol. The number of hydrogen-bond acceptors (Lipinski definition) is 2. The molecule has 0 aromatic carbocycles. The highest BCUT2D eigenvalue weighted by Gasteiger charge is 2.28. The molecule has 0 aromatic rings. The van der Waals surface area contributed by atoms with Gasteiger partial charge in [0.25, 0.3) is 0 Å². The van der Waals surface area contributed by atoms with Crippen molar-refractivity contribution in [3.63, 3.8) is 0 Å². The summed E-state index contributed by atoms with van der Waals surface area (Å²) in [5, 5.41) is 2.68. The van der Waals surface area contributed by atoms with Crippen LogP contribution in [-0.4, -0.2) is 18.1 Å². The molecular formula is C7H14N4O2. The minimum atomic E-state index is -0.783. The van der Waals surface area contributed by atoms with Crippen LogP contribution in [0.3, 0.4) is 0 Å². The minimum Gasteiger partial charge on any atom is -0.350 e.